The highest BCUT2D eigenvalue weighted by Crippen LogP contribution is 2.33. The van der Waals surface area contributed by atoms with Crippen molar-refractivity contribution in [2.75, 3.05) is 4.90 Å². The molecule has 0 unspecified atom stereocenters. The summed E-state index contributed by atoms with van der Waals surface area (Å²) in [6.45, 7) is 0. The first kappa shape index (κ1) is 12.0. The Morgan fingerprint density at radius 2 is 2.00 bits per heavy atom. The van der Waals surface area contributed by atoms with Gasteiger partial charge in [0.05, 0.1) is 5.56 Å². The predicted octanol–water partition coefficient (Wildman–Crippen LogP) is 4.51. The maximum absolute atomic E-state index is 12.5. The molecule has 0 amide bonds. The summed E-state index contributed by atoms with van der Waals surface area (Å²) in [5, 5.41) is 0.409. The Kier molecular flexibility index (Phi) is 3.15. The van der Waals surface area contributed by atoms with Gasteiger partial charge in [0.2, 0.25) is 0 Å². The lowest BCUT2D eigenvalue weighted by atomic mass is 10.1. The molecular formula is C12H9ClF3N. The van der Waals surface area contributed by atoms with E-state index in [0.29, 0.717) is 17.3 Å². The van der Waals surface area contributed by atoms with Crippen LogP contribution in [0, 0.1) is 0 Å². The van der Waals surface area contributed by atoms with Crippen molar-refractivity contribution >= 4 is 17.3 Å². The number of alkyl halides is 3. The van der Waals surface area contributed by atoms with E-state index in [1.807, 2.05) is 6.08 Å². The van der Waals surface area contributed by atoms with Crippen molar-refractivity contribution in [2.45, 2.75) is 12.6 Å². The third kappa shape index (κ3) is 2.64. The number of halogens is 4. The molecule has 0 spiro atoms. The number of hydrogen-bond donors (Lipinski definition) is 0. The zero-order chi connectivity index (χ0) is 12.5. The van der Waals surface area contributed by atoms with Crippen LogP contribution in [0.4, 0.5) is 18.9 Å². The minimum absolute atomic E-state index is 0.400. The van der Waals surface area contributed by atoms with E-state index < -0.39 is 11.7 Å². The van der Waals surface area contributed by atoms with Gasteiger partial charge in [0.15, 0.2) is 0 Å². The van der Waals surface area contributed by atoms with E-state index >= 15 is 0 Å². The summed E-state index contributed by atoms with van der Waals surface area (Å²) in [4.78, 5) is 1.51. The van der Waals surface area contributed by atoms with Crippen LogP contribution in [0.1, 0.15) is 12.0 Å². The van der Waals surface area contributed by atoms with E-state index in [1.165, 1.54) is 11.0 Å². The predicted molar refractivity (Wildman–Crippen MR) is 61.6 cm³/mol. The molecule has 0 aromatic heterocycles. The molecule has 0 saturated carbocycles. The lowest BCUT2D eigenvalue weighted by molar-refractivity contribution is -0.137. The first-order valence-electron chi connectivity index (χ1n) is 4.97. The van der Waals surface area contributed by atoms with Gasteiger partial charge in [-0.2, -0.15) is 13.2 Å². The van der Waals surface area contributed by atoms with Gasteiger partial charge < -0.3 is 4.90 Å². The molecule has 5 heteroatoms. The fourth-order valence-electron chi connectivity index (χ4n) is 1.54. The second-order valence-corrected chi connectivity index (χ2v) is 3.95. The SMILES string of the molecule is FC(F)(F)c1cccc(N2C=CCC=C2Cl)c1. The van der Waals surface area contributed by atoms with Crippen molar-refractivity contribution in [3.05, 3.63) is 53.3 Å². The Hall–Kier alpha value is -1.42. The van der Waals surface area contributed by atoms with Crippen LogP contribution in [0.3, 0.4) is 0 Å². The van der Waals surface area contributed by atoms with Gasteiger partial charge in [0.1, 0.15) is 5.16 Å². The van der Waals surface area contributed by atoms with Gasteiger partial charge in [-0.3, -0.25) is 0 Å². The molecule has 1 aliphatic rings. The minimum atomic E-state index is -4.34. The van der Waals surface area contributed by atoms with E-state index in [9.17, 15) is 13.2 Å². The summed E-state index contributed by atoms with van der Waals surface area (Å²) < 4.78 is 37.6. The third-order valence-corrected chi connectivity index (χ3v) is 2.70. The number of benzene rings is 1. The van der Waals surface area contributed by atoms with Gasteiger partial charge >= 0.3 is 6.18 Å². The summed E-state index contributed by atoms with van der Waals surface area (Å²) in [5.74, 6) is 0. The van der Waals surface area contributed by atoms with E-state index in [2.05, 4.69) is 0 Å². The summed E-state index contributed by atoms with van der Waals surface area (Å²) in [6.07, 6.45) is 1.58. The molecule has 0 aliphatic carbocycles. The molecule has 0 fully saturated rings. The van der Waals surface area contributed by atoms with Gasteiger partial charge in [-0.25, -0.2) is 0 Å². The molecule has 1 aliphatic heterocycles. The molecule has 0 saturated heterocycles. The van der Waals surface area contributed by atoms with E-state index in [1.54, 1.807) is 18.3 Å². The Labute approximate surface area is 102 Å². The van der Waals surface area contributed by atoms with Crippen molar-refractivity contribution in [2.24, 2.45) is 0 Å². The van der Waals surface area contributed by atoms with Crippen LogP contribution in [-0.2, 0) is 6.18 Å². The largest absolute Gasteiger partial charge is 0.416 e. The first-order valence-corrected chi connectivity index (χ1v) is 5.35. The van der Waals surface area contributed by atoms with Gasteiger partial charge in [-0.15, -0.1) is 0 Å². The second kappa shape index (κ2) is 4.45. The van der Waals surface area contributed by atoms with Gasteiger partial charge in [-0.1, -0.05) is 23.7 Å². The van der Waals surface area contributed by atoms with Gasteiger partial charge in [-0.05, 0) is 30.7 Å². The highest BCUT2D eigenvalue weighted by molar-refractivity contribution is 6.31. The maximum atomic E-state index is 12.5. The minimum Gasteiger partial charge on any atom is -0.308 e. The average molecular weight is 260 g/mol. The number of nitrogens with zero attached hydrogens (tertiary/aromatic N) is 1. The lowest BCUT2D eigenvalue weighted by Crippen LogP contribution is -2.15. The zero-order valence-corrected chi connectivity index (χ0v) is 9.46. The summed E-state index contributed by atoms with van der Waals surface area (Å²) in [6, 6.07) is 5.06. The van der Waals surface area contributed by atoms with Crippen LogP contribution in [0.25, 0.3) is 0 Å². The molecule has 0 N–H and O–H groups in total. The van der Waals surface area contributed by atoms with Crippen molar-refractivity contribution < 1.29 is 13.2 Å². The smallest absolute Gasteiger partial charge is 0.308 e. The molecule has 0 radical (unpaired) electrons. The molecular weight excluding hydrogens is 251 g/mol. The quantitative estimate of drug-likeness (QED) is 0.671. The third-order valence-electron chi connectivity index (χ3n) is 2.36. The standard InChI is InChI=1S/C12H9ClF3N/c13-11-6-1-2-7-17(11)10-5-3-4-9(8-10)12(14,15)16/h2-8H,1H2. The Balaban J connectivity index is 2.37. The molecule has 1 heterocycles. The van der Waals surface area contributed by atoms with Gasteiger partial charge in [0.25, 0.3) is 0 Å². The number of allylic oxidation sites excluding steroid dienone is 2. The van der Waals surface area contributed by atoms with E-state index in [-0.39, 0.29) is 0 Å². The highest BCUT2D eigenvalue weighted by atomic mass is 35.5. The molecule has 90 valence electrons. The van der Waals surface area contributed by atoms with Crippen LogP contribution in [-0.4, -0.2) is 0 Å². The number of hydrogen-bond acceptors (Lipinski definition) is 1. The van der Waals surface area contributed by atoms with Crippen LogP contribution in [0.15, 0.2) is 47.8 Å². The Morgan fingerprint density at radius 1 is 1.24 bits per heavy atom. The highest BCUT2D eigenvalue weighted by Gasteiger charge is 2.30. The number of anilines is 1. The molecule has 2 rings (SSSR count). The zero-order valence-electron chi connectivity index (χ0n) is 8.71. The molecule has 17 heavy (non-hydrogen) atoms. The van der Waals surface area contributed by atoms with E-state index in [4.69, 9.17) is 11.6 Å². The van der Waals surface area contributed by atoms with Crippen LogP contribution in [0.2, 0.25) is 0 Å². The molecule has 1 nitrogen and oxygen atoms in total. The molecule has 0 bridgehead atoms. The van der Waals surface area contributed by atoms with Crippen molar-refractivity contribution in [1.82, 2.24) is 0 Å². The molecule has 1 aromatic carbocycles. The molecule has 1 aromatic rings. The topological polar surface area (TPSA) is 3.24 Å². The van der Waals surface area contributed by atoms with Gasteiger partial charge in [0, 0.05) is 11.9 Å². The first-order chi connectivity index (χ1) is 7.98. The van der Waals surface area contributed by atoms with Crippen LogP contribution in [0.5, 0.6) is 0 Å². The summed E-state index contributed by atoms with van der Waals surface area (Å²) in [7, 11) is 0. The monoisotopic (exact) mass is 259 g/mol. The summed E-state index contributed by atoms with van der Waals surface area (Å²) >= 11 is 5.94. The lowest BCUT2D eigenvalue weighted by Gasteiger charge is -2.22. The molecule has 0 atom stereocenters. The second-order valence-electron chi connectivity index (χ2n) is 3.57. The Bertz CT molecular complexity index is 477. The Morgan fingerprint density at radius 3 is 2.65 bits per heavy atom. The number of rotatable bonds is 1. The average Bonchev–Trinajstić information content (AvgIpc) is 2.29. The van der Waals surface area contributed by atoms with E-state index in [0.717, 1.165) is 12.1 Å². The fourth-order valence-corrected chi connectivity index (χ4v) is 1.79. The van der Waals surface area contributed by atoms with Crippen molar-refractivity contribution in [3.8, 4) is 0 Å². The maximum Gasteiger partial charge on any atom is 0.416 e. The van der Waals surface area contributed by atoms with Crippen LogP contribution >= 0.6 is 11.6 Å². The fraction of sp³-hybridized carbons (Fsp3) is 0.167. The normalized spacial score (nSPS) is 16.0. The van der Waals surface area contributed by atoms with Crippen LogP contribution < -0.4 is 4.90 Å². The summed E-state index contributed by atoms with van der Waals surface area (Å²) in [5.41, 5.74) is -0.282. The van der Waals surface area contributed by atoms with Crippen molar-refractivity contribution in [1.29, 1.82) is 0 Å². The van der Waals surface area contributed by atoms with Crippen molar-refractivity contribution in [3.63, 3.8) is 0 Å².